The van der Waals surface area contributed by atoms with Crippen molar-refractivity contribution < 1.29 is 9.47 Å². The van der Waals surface area contributed by atoms with Gasteiger partial charge in [-0.05, 0) is 26.0 Å². The van der Waals surface area contributed by atoms with Crippen molar-refractivity contribution in [2.45, 2.75) is 20.0 Å². The van der Waals surface area contributed by atoms with Gasteiger partial charge in [-0.25, -0.2) is 0 Å². The average molecular weight is 273 g/mol. The smallest absolute Gasteiger partial charge is 0.141 e. The third-order valence-corrected chi connectivity index (χ3v) is 2.89. The van der Waals surface area contributed by atoms with Crippen LogP contribution in [0.4, 0.5) is 0 Å². The molecular weight excluding hydrogens is 254 g/mol. The van der Waals surface area contributed by atoms with E-state index in [2.05, 4.69) is 4.98 Å². The number of nitrogens with zero attached hydrogens (tertiary/aromatic N) is 1. The number of aromatic nitrogens is 1. The molecule has 1 heterocycles. The molecule has 2 aromatic rings. The number of fused-ring (bicyclic) bond motifs is 1. The number of pyridine rings is 1. The topological polar surface area (TPSA) is 81.2 Å². The van der Waals surface area contributed by atoms with E-state index < -0.39 is 0 Å². The van der Waals surface area contributed by atoms with Crippen LogP contribution in [0.15, 0.2) is 30.5 Å². The molecule has 0 saturated heterocycles. The first-order chi connectivity index (χ1) is 9.63. The highest BCUT2D eigenvalue weighted by molar-refractivity contribution is 6.02. The predicted octanol–water partition coefficient (Wildman–Crippen LogP) is 2.32. The van der Waals surface area contributed by atoms with Gasteiger partial charge in [-0.15, -0.1) is 0 Å². The van der Waals surface area contributed by atoms with Crippen molar-refractivity contribution in [2.24, 2.45) is 5.73 Å². The second-order valence-electron chi connectivity index (χ2n) is 4.52. The molecule has 0 radical (unpaired) electrons. The van der Waals surface area contributed by atoms with Crippen molar-refractivity contribution in [3.8, 4) is 5.75 Å². The summed E-state index contributed by atoms with van der Waals surface area (Å²) < 4.78 is 11.3. The SMILES string of the molecule is CCOCC(C)Oc1c(C(=N)N)cnc2ccccc12. The highest BCUT2D eigenvalue weighted by Gasteiger charge is 2.15. The van der Waals surface area contributed by atoms with Crippen LogP contribution >= 0.6 is 0 Å². The average Bonchev–Trinajstić information content (AvgIpc) is 2.45. The van der Waals surface area contributed by atoms with Gasteiger partial charge >= 0.3 is 0 Å². The van der Waals surface area contributed by atoms with Crippen LogP contribution in [-0.4, -0.2) is 30.1 Å². The quantitative estimate of drug-likeness (QED) is 0.625. The molecule has 106 valence electrons. The number of rotatable bonds is 6. The number of benzene rings is 1. The first-order valence-corrected chi connectivity index (χ1v) is 6.60. The lowest BCUT2D eigenvalue weighted by Gasteiger charge is -2.18. The van der Waals surface area contributed by atoms with Crippen LogP contribution in [-0.2, 0) is 4.74 Å². The molecular formula is C15H19N3O2. The maximum Gasteiger partial charge on any atom is 0.141 e. The van der Waals surface area contributed by atoms with Crippen LogP contribution in [0.5, 0.6) is 5.75 Å². The number of hydrogen-bond acceptors (Lipinski definition) is 4. The molecule has 0 saturated carbocycles. The summed E-state index contributed by atoms with van der Waals surface area (Å²) in [5, 5.41) is 8.51. The Morgan fingerprint density at radius 3 is 2.85 bits per heavy atom. The van der Waals surface area contributed by atoms with Gasteiger partial charge in [0.1, 0.15) is 17.7 Å². The van der Waals surface area contributed by atoms with E-state index in [9.17, 15) is 0 Å². The minimum Gasteiger partial charge on any atom is -0.487 e. The molecule has 1 aromatic carbocycles. The molecule has 0 bridgehead atoms. The molecule has 0 spiro atoms. The Kier molecular flexibility index (Phi) is 4.53. The Labute approximate surface area is 118 Å². The molecule has 20 heavy (non-hydrogen) atoms. The van der Waals surface area contributed by atoms with Crippen LogP contribution in [0.1, 0.15) is 19.4 Å². The third-order valence-electron chi connectivity index (χ3n) is 2.89. The second kappa shape index (κ2) is 6.34. The lowest BCUT2D eigenvalue weighted by Crippen LogP contribution is -2.22. The molecule has 5 nitrogen and oxygen atoms in total. The fraction of sp³-hybridized carbons (Fsp3) is 0.333. The van der Waals surface area contributed by atoms with Gasteiger partial charge in [0.2, 0.25) is 0 Å². The molecule has 0 amide bonds. The van der Waals surface area contributed by atoms with E-state index >= 15 is 0 Å². The lowest BCUT2D eigenvalue weighted by molar-refractivity contribution is 0.0664. The van der Waals surface area contributed by atoms with Crippen molar-refractivity contribution in [1.29, 1.82) is 5.41 Å². The summed E-state index contributed by atoms with van der Waals surface area (Å²) >= 11 is 0. The maximum absolute atomic E-state index is 7.66. The molecule has 0 aliphatic heterocycles. The Morgan fingerprint density at radius 1 is 1.40 bits per heavy atom. The number of nitrogens with two attached hydrogens (primary N) is 1. The number of amidine groups is 1. The highest BCUT2D eigenvalue weighted by atomic mass is 16.5. The standard InChI is InChI=1S/C15H19N3O2/c1-3-19-9-10(2)20-14-11-6-4-5-7-13(11)18-8-12(14)15(16)17/h4-8,10H,3,9H2,1-2H3,(H3,16,17). The molecule has 2 rings (SSSR count). The Balaban J connectivity index is 2.41. The fourth-order valence-electron chi connectivity index (χ4n) is 1.95. The van der Waals surface area contributed by atoms with Crippen LogP contribution in [0.3, 0.4) is 0 Å². The van der Waals surface area contributed by atoms with Crippen LogP contribution in [0.25, 0.3) is 10.9 Å². The summed E-state index contributed by atoms with van der Waals surface area (Å²) in [6, 6.07) is 7.64. The molecule has 0 aliphatic rings. The van der Waals surface area contributed by atoms with Crippen molar-refractivity contribution in [1.82, 2.24) is 4.98 Å². The molecule has 1 aromatic heterocycles. The Morgan fingerprint density at radius 2 is 2.15 bits per heavy atom. The van der Waals surface area contributed by atoms with Crippen LogP contribution < -0.4 is 10.5 Å². The van der Waals surface area contributed by atoms with Gasteiger partial charge in [0.05, 0.1) is 17.7 Å². The number of para-hydroxylation sites is 1. The van der Waals surface area contributed by atoms with E-state index in [4.69, 9.17) is 20.6 Å². The molecule has 3 N–H and O–H groups in total. The normalized spacial score (nSPS) is 12.3. The zero-order chi connectivity index (χ0) is 14.5. The maximum atomic E-state index is 7.66. The second-order valence-corrected chi connectivity index (χ2v) is 4.52. The summed E-state index contributed by atoms with van der Waals surface area (Å²) in [6.07, 6.45) is 1.45. The number of nitrogens with one attached hydrogen (secondary N) is 1. The summed E-state index contributed by atoms with van der Waals surface area (Å²) in [6.45, 7) is 5.00. The van der Waals surface area contributed by atoms with Gasteiger partial charge in [0, 0.05) is 18.2 Å². The van der Waals surface area contributed by atoms with Gasteiger partial charge in [0.25, 0.3) is 0 Å². The monoisotopic (exact) mass is 273 g/mol. The van der Waals surface area contributed by atoms with Crippen LogP contribution in [0, 0.1) is 5.41 Å². The molecule has 0 fully saturated rings. The van der Waals surface area contributed by atoms with Gasteiger partial charge in [-0.2, -0.15) is 0 Å². The van der Waals surface area contributed by atoms with Crippen molar-refractivity contribution in [2.75, 3.05) is 13.2 Å². The Hall–Kier alpha value is -2.14. The van der Waals surface area contributed by atoms with E-state index in [1.807, 2.05) is 38.1 Å². The highest BCUT2D eigenvalue weighted by Crippen LogP contribution is 2.28. The summed E-state index contributed by atoms with van der Waals surface area (Å²) in [4.78, 5) is 4.30. The third kappa shape index (κ3) is 3.05. The van der Waals surface area contributed by atoms with E-state index in [0.29, 0.717) is 24.5 Å². The minimum absolute atomic E-state index is 0.0538. The lowest BCUT2D eigenvalue weighted by atomic mass is 10.1. The van der Waals surface area contributed by atoms with Crippen molar-refractivity contribution in [3.63, 3.8) is 0 Å². The van der Waals surface area contributed by atoms with E-state index in [1.54, 1.807) is 6.20 Å². The Bertz CT molecular complexity index is 613. The number of ether oxygens (including phenoxy) is 2. The molecule has 1 unspecified atom stereocenters. The predicted molar refractivity (Wildman–Crippen MR) is 79.3 cm³/mol. The van der Waals surface area contributed by atoms with Crippen LogP contribution in [0.2, 0.25) is 0 Å². The molecule has 0 aliphatic carbocycles. The first-order valence-electron chi connectivity index (χ1n) is 6.60. The largest absolute Gasteiger partial charge is 0.487 e. The fourth-order valence-corrected chi connectivity index (χ4v) is 1.95. The van der Waals surface area contributed by atoms with E-state index in [-0.39, 0.29) is 11.9 Å². The van der Waals surface area contributed by atoms with Gasteiger partial charge in [-0.3, -0.25) is 10.4 Å². The molecule has 5 heteroatoms. The number of hydrogen-bond donors (Lipinski definition) is 2. The first kappa shape index (κ1) is 14.3. The van der Waals surface area contributed by atoms with Crippen molar-refractivity contribution >= 4 is 16.7 Å². The summed E-state index contributed by atoms with van der Waals surface area (Å²) in [5.74, 6) is 0.539. The van der Waals surface area contributed by atoms with Gasteiger partial charge < -0.3 is 15.2 Å². The van der Waals surface area contributed by atoms with Gasteiger partial charge in [0.15, 0.2) is 0 Å². The number of nitrogen functional groups attached to an aromatic ring is 1. The van der Waals surface area contributed by atoms with E-state index in [0.717, 1.165) is 10.9 Å². The van der Waals surface area contributed by atoms with Crippen molar-refractivity contribution in [3.05, 3.63) is 36.0 Å². The zero-order valence-corrected chi connectivity index (χ0v) is 11.7. The summed E-state index contributed by atoms with van der Waals surface area (Å²) in [5.41, 5.74) is 6.94. The van der Waals surface area contributed by atoms with E-state index in [1.165, 1.54) is 0 Å². The molecule has 1 atom stereocenters. The zero-order valence-electron chi connectivity index (χ0n) is 11.7. The van der Waals surface area contributed by atoms with Gasteiger partial charge in [-0.1, -0.05) is 12.1 Å². The summed E-state index contributed by atoms with van der Waals surface area (Å²) in [7, 11) is 0. The minimum atomic E-state index is -0.126.